The zero-order valence-electron chi connectivity index (χ0n) is 9.07. The maximum absolute atomic E-state index is 8.90. The van der Waals surface area contributed by atoms with Crippen LogP contribution in [0.4, 0.5) is 5.69 Å². The highest BCUT2D eigenvalue weighted by atomic mass is 79.9. The van der Waals surface area contributed by atoms with E-state index < -0.39 is 0 Å². The van der Waals surface area contributed by atoms with Crippen LogP contribution in [0.1, 0.15) is 13.3 Å². The first-order chi connectivity index (χ1) is 7.19. The minimum absolute atomic E-state index is 0.0992. The van der Waals surface area contributed by atoms with Crippen LogP contribution in [-0.2, 0) is 0 Å². The van der Waals surface area contributed by atoms with Crippen molar-refractivity contribution in [2.75, 3.05) is 18.5 Å². The number of nitriles is 1. The largest absolute Gasteiger partial charge is 0.372 e. The smallest absolute Gasteiger partial charge is 0.0674 e. The summed E-state index contributed by atoms with van der Waals surface area (Å²) < 4.78 is 1.07. The summed E-state index contributed by atoms with van der Waals surface area (Å²) in [5.41, 5.74) is 1.13. The first-order valence-corrected chi connectivity index (χ1v) is 5.83. The molecule has 0 aromatic heterocycles. The molecule has 0 aliphatic heterocycles. The Morgan fingerprint density at radius 3 is 2.67 bits per heavy atom. The summed E-state index contributed by atoms with van der Waals surface area (Å²) >= 11 is 3.51. The normalized spacial score (nSPS) is 11.9. The van der Waals surface area contributed by atoms with Crippen LogP contribution < -0.4 is 4.90 Å². The van der Waals surface area contributed by atoms with Gasteiger partial charge in [0.15, 0.2) is 0 Å². The predicted molar refractivity (Wildman–Crippen MR) is 66.8 cm³/mol. The Bertz CT molecular complexity index is 357. The number of para-hydroxylation sites is 1. The molecule has 1 aromatic carbocycles. The van der Waals surface area contributed by atoms with Gasteiger partial charge in [0.25, 0.3) is 0 Å². The van der Waals surface area contributed by atoms with E-state index in [4.69, 9.17) is 5.26 Å². The summed E-state index contributed by atoms with van der Waals surface area (Å²) in [6, 6.07) is 10.4. The van der Waals surface area contributed by atoms with E-state index in [2.05, 4.69) is 26.9 Å². The number of benzene rings is 1. The monoisotopic (exact) mass is 266 g/mol. The van der Waals surface area contributed by atoms with Crippen LogP contribution in [0.3, 0.4) is 0 Å². The Hall–Kier alpha value is -1.01. The topological polar surface area (TPSA) is 27.0 Å². The van der Waals surface area contributed by atoms with Crippen molar-refractivity contribution in [3.8, 4) is 6.07 Å². The molecule has 0 saturated heterocycles. The van der Waals surface area contributed by atoms with Crippen LogP contribution in [0.25, 0.3) is 0 Å². The third-order valence-corrected chi connectivity index (χ3v) is 3.10. The van der Waals surface area contributed by atoms with Crippen LogP contribution in [0, 0.1) is 17.2 Å². The minimum Gasteiger partial charge on any atom is -0.372 e. The number of halogens is 1. The SMILES string of the molecule is CCC(C#N)CN(C)c1ccccc1Br. The predicted octanol–water partition coefficient (Wildman–Crippen LogP) is 3.44. The van der Waals surface area contributed by atoms with Gasteiger partial charge < -0.3 is 4.90 Å². The molecule has 1 aromatic rings. The van der Waals surface area contributed by atoms with Crippen molar-refractivity contribution in [3.63, 3.8) is 0 Å². The summed E-state index contributed by atoms with van der Waals surface area (Å²) in [6.45, 7) is 2.82. The number of hydrogen-bond acceptors (Lipinski definition) is 2. The number of rotatable bonds is 4. The fraction of sp³-hybridized carbons (Fsp3) is 0.417. The van der Waals surface area contributed by atoms with E-state index in [1.165, 1.54) is 0 Å². The van der Waals surface area contributed by atoms with E-state index >= 15 is 0 Å². The van der Waals surface area contributed by atoms with Crippen LogP contribution in [0.2, 0.25) is 0 Å². The van der Waals surface area contributed by atoms with Gasteiger partial charge in [-0.25, -0.2) is 0 Å². The Morgan fingerprint density at radius 2 is 2.13 bits per heavy atom. The molecule has 15 heavy (non-hydrogen) atoms. The zero-order chi connectivity index (χ0) is 11.3. The summed E-state index contributed by atoms with van der Waals surface area (Å²) in [7, 11) is 2.01. The molecule has 1 atom stereocenters. The third kappa shape index (κ3) is 3.24. The van der Waals surface area contributed by atoms with Gasteiger partial charge in [-0.15, -0.1) is 0 Å². The van der Waals surface area contributed by atoms with Crippen molar-refractivity contribution in [2.24, 2.45) is 5.92 Å². The molecule has 80 valence electrons. The molecule has 0 amide bonds. The number of anilines is 1. The van der Waals surface area contributed by atoms with Crippen LogP contribution in [-0.4, -0.2) is 13.6 Å². The summed E-state index contributed by atoms with van der Waals surface area (Å²) in [5.74, 6) is 0.0992. The molecule has 1 rings (SSSR count). The lowest BCUT2D eigenvalue weighted by atomic mass is 10.1. The molecule has 0 N–H and O–H groups in total. The van der Waals surface area contributed by atoms with Crippen molar-refractivity contribution in [1.82, 2.24) is 0 Å². The maximum atomic E-state index is 8.90. The fourth-order valence-electron chi connectivity index (χ4n) is 1.45. The van der Waals surface area contributed by atoms with Crippen molar-refractivity contribution < 1.29 is 0 Å². The van der Waals surface area contributed by atoms with Crippen LogP contribution >= 0.6 is 15.9 Å². The first kappa shape index (κ1) is 12.1. The molecule has 0 radical (unpaired) electrons. The Labute approximate surface area is 99.6 Å². The van der Waals surface area contributed by atoms with Crippen molar-refractivity contribution in [3.05, 3.63) is 28.7 Å². The summed E-state index contributed by atoms with van der Waals surface area (Å²) in [6.07, 6.45) is 0.894. The quantitative estimate of drug-likeness (QED) is 0.835. The molecule has 2 nitrogen and oxygen atoms in total. The van der Waals surface area contributed by atoms with Crippen molar-refractivity contribution in [1.29, 1.82) is 5.26 Å². The number of hydrogen-bond donors (Lipinski definition) is 0. The van der Waals surface area contributed by atoms with Gasteiger partial charge in [0.05, 0.1) is 17.7 Å². The number of nitrogens with zero attached hydrogens (tertiary/aromatic N) is 2. The minimum atomic E-state index is 0.0992. The molecule has 1 unspecified atom stereocenters. The third-order valence-electron chi connectivity index (χ3n) is 2.43. The summed E-state index contributed by atoms with van der Waals surface area (Å²) in [4.78, 5) is 2.11. The van der Waals surface area contributed by atoms with E-state index in [0.717, 1.165) is 23.1 Å². The molecule has 0 saturated carbocycles. The van der Waals surface area contributed by atoms with E-state index in [1.807, 2.05) is 38.2 Å². The van der Waals surface area contributed by atoms with E-state index in [1.54, 1.807) is 0 Å². The Balaban J connectivity index is 2.73. The van der Waals surface area contributed by atoms with Gasteiger partial charge in [0.2, 0.25) is 0 Å². The molecular weight excluding hydrogens is 252 g/mol. The lowest BCUT2D eigenvalue weighted by Crippen LogP contribution is -2.24. The van der Waals surface area contributed by atoms with Gasteiger partial charge in [-0.05, 0) is 34.5 Å². The molecule has 0 bridgehead atoms. The second kappa shape index (κ2) is 5.77. The molecule has 0 aliphatic rings. The molecule has 0 aliphatic carbocycles. The Morgan fingerprint density at radius 1 is 1.47 bits per heavy atom. The zero-order valence-corrected chi connectivity index (χ0v) is 10.7. The van der Waals surface area contributed by atoms with Crippen LogP contribution in [0.15, 0.2) is 28.7 Å². The molecular formula is C12H15BrN2. The van der Waals surface area contributed by atoms with E-state index in [-0.39, 0.29) is 5.92 Å². The van der Waals surface area contributed by atoms with Crippen molar-refractivity contribution in [2.45, 2.75) is 13.3 Å². The summed E-state index contributed by atoms with van der Waals surface area (Å²) in [5, 5.41) is 8.90. The van der Waals surface area contributed by atoms with Crippen LogP contribution in [0.5, 0.6) is 0 Å². The van der Waals surface area contributed by atoms with Gasteiger partial charge in [0.1, 0.15) is 0 Å². The standard InChI is InChI=1S/C12H15BrN2/c1-3-10(8-14)9-15(2)12-7-5-4-6-11(12)13/h4-7,10H,3,9H2,1-2H3. The lowest BCUT2D eigenvalue weighted by Gasteiger charge is -2.22. The molecule has 0 spiro atoms. The van der Waals surface area contributed by atoms with Gasteiger partial charge in [-0.2, -0.15) is 5.26 Å². The highest BCUT2D eigenvalue weighted by molar-refractivity contribution is 9.10. The van der Waals surface area contributed by atoms with Gasteiger partial charge in [-0.3, -0.25) is 0 Å². The Kier molecular flexibility index (Phi) is 4.64. The highest BCUT2D eigenvalue weighted by Gasteiger charge is 2.10. The molecule has 0 heterocycles. The fourth-order valence-corrected chi connectivity index (χ4v) is 2.04. The maximum Gasteiger partial charge on any atom is 0.0674 e. The highest BCUT2D eigenvalue weighted by Crippen LogP contribution is 2.25. The first-order valence-electron chi connectivity index (χ1n) is 5.04. The second-order valence-electron chi connectivity index (χ2n) is 3.57. The second-order valence-corrected chi connectivity index (χ2v) is 4.42. The lowest BCUT2D eigenvalue weighted by molar-refractivity contribution is 0.631. The van der Waals surface area contributed by atoms with Crippen molar-refractivity contribution >= 4 is 21.6 Å². The average Bonchev–Trinajstić information content (AvgIpc) is 2.26. The van der Waals surface area contributed by atoms with E-state index in [9.17, 15) is 0 Å². The van der Waals surface area contributed by atoms with Gasteiger partial charge >= 0.3 is 0 Å². The van der Waals surface area contributed by atoms with E-state index in [0.29, 0.717) is 0 Å². The average molecular weight is 267 g/mol. The van der Waals surface area contributed by atoms with Gasteiger partial charge in [-0.1, -0.05) is 19.1 Å². The van der Waals surface area contributed by atoms with Gasteiger partial charge in [0, 0.05) is 18.1 Å². The molecule has 0 fully saturated rings. The molecule has 3 heteroatoms.